The Labute approximate surface area is 98.2 Å². The maximum absolute atomic E-state index is 3.99. The first-order valence-corrected chi connectivity index (χ1v) is 5.84. The average Bonchev–Trinajstić information content (AvgIpc) is 2.81. The molecule has 86 valence electrons. The van der Waals surface area contributed by atoms with E-state index in [9.17, 15) is 0 Å². The molecule has 0 saturated carbocycles. The second-order valence-corrected chi connectivity index (χ2v) is 4.41. The standard InChI is InChI=1S/C14H18N2.H2/c1-4-11-7-12(13-8-15-16-9-13)5-6-14(11)10(2)3;/h5-10H,4H2,1-3H3,(H,15,16);1H. The van der Waals surface area contributed by atoms with Crippen molar-refractivity contribution < 1.29 is 1.43 Å². The molecule has 0 aliphatic heterocycles. The van der Waals surface area contributed by atoms with Gasteiger partial charge < -0.3 is 0 Å². The molecule has 0 unspecified atom stereocenters. The number of nitrogens with zero attached hydrogens (tertiary/aromatic N) is 1. The van der Waals surface area contributed by atoms with E-state index in [1.54, 1.807) is 0 Å². The highest BCUT2D eigenvalue weighted by Crippen LogP contribution is 2.26. The highest BCUT2D eigenvalue weighted by Gasteiger charge is 2.07. The van der Waals surface area contributed by atoms with Crippen molar-refractivity contribution in [2.24, 2.45) is 0 Å². The van der Waals surface area contributed by atoms with Gasteiger partial charge in [0, 0.05) is 13.2 Å². The first kappa shape index (κ1) is 10.9. The molecule has 16 heavy (non-hydrogen) atoms. The lowest BCUT2D eigenvalue weighted by Gasteiger charge is -2.12. The molecule has 0 saturated heterocycles. The lowest BCUT2D eigenvalue weighted by Crippen LogP contribution is -1.95. The van der Waals surface area contributed by atoms with Gasteiger partial charge in [-0.15, -0.1) is 0 Å². The van der Waals surface area contributed by atoms with E-state index in [1.807, 2.05) is 12.4 Å². The number of aromatic amines is 1. The minimum absolute atomic E-state index is 0. The number of hydrogen-bond donors (Lipinski definition) is 1. The number of nitrogens with one attached hydrogen (secondary N) is 1. The predicted octanol–water partition coefficient (Wildman–Crippen LogP) is 4.01. The van der Waals surface area contributed by atoms with Crippen LogP contribution in [0, 0.1) is 0 Å². The second-order valence-electron chi connectivity index (χ2n) is 4.41. The summed E-state index contributed by atoms with van der Waals surface area (Å²) >= 11 is 0. The van der Waals surface area contributed by atoms with Gasteiger partial charge in [0.1, 0.15) is 0 Å². The van der Waals surface area contributed by atoms with Crippen LogP contribution in [-0.2, 0) is 6.42 Å². The summed E-state index contributed by atoms with van der Waals surface area (Å²) in [4.78, 5) is 0. The van der Waals surface area contributed by atoms with Gasteiger partial charge in [0.25, 0.3) is 0 Å². The molecule has 0 radical (unpaired) electrons. The van der Waals surface area contributed by atoms with Crippen molar-refractivity contribution >= 4 is 0 Å². The lowest BCUT2D eigenvalue weighted by molar-refractivity contribution is 0.845. The maximum atomic E-state index is 3.99. The molecule has 0 aliphatic carbocycles. The molecule has 0 spiro atoms. The van der Waals surface area contributed by atoms with Crippen LogP contribution in [0.1, 0.15) is 39.2 Å². The molecule has 2 rings (SSSR count). The van der Waals surface area contributed by atoms with Crippen LogP contribution in [0.15, 0.2) is 30.6 Å². The molecular weight excluding hydrogens is 196 g/mol. The molecule has 0 aliphatic rings. The molecular formula is C14H20N2. The molecule has 1 N–H and O–H groups in total. The number of rotatable bonds is 3. The molecule has 0 bridgehead atoms. The third-order valence-electron chi connectivity index (χ3n) is 2.98. The van der Waals surface area contributed by atoms with Crippen LogP contribution in [0.4, 0.5) is 0 Å². The summed E-state index contributed by atoms with van der Waals surface area (Å²) in [5.74, 6) is 0.591. The van der Waals surface area contributed by atoms with Crippen LogP contribution in [0.25, 0.3) is 11.1 Å². The Balaban J connectivity index is 0.00000144. The van der Waals surface area contributed by atoms with Gasteiger partial charge in [-0.25, -0.2) is 0 Å². The van der Waals surface area contributed by atoms with E-state index in [2.05, 4.69) is 49.2 Å². The van der Waals surface area contributed by atoms with Gasteiger partial charge in [0.05, 0.1) is 6.20 Å². The van der Waals surface area contributed by atoms with Crippen molar-refractivity contribution in [2.75, 3.05) is 0 Å². The summed E-state index contributed by atoms with van der Waals surface area (Å²) in [6.45, 7) is 6.69. The molecule has 0 amide bonds. The SMILES string of the molecule is CCc1cc(-c2cn[nH]c2)ccc1C(C)C.[HH]. The third kappa shape index (κ3) is 2.01. The first-order valence-electron chi connectivity index (χ1n) is 5.84. The van der Waals surface area contributed by atoms with Crippen LogP contribution < -0.4 is 0 Å². The fourth-order valence-electron chi connectivity index (χ4n) is 2.06. The minimum Gasteiger partial charge on any atom is -0.285 e. The Morgan fingerprint density at radius 3 is 2.69 bits per heavy atom. The van der Waals surface area contributed by atoms with E-state index in [0.717, 1.165) is 12.0 Å². The summed E-state index contributed by atoms with van der Waals surface area (Å²) in [5, 5.41) is 6.84. The first-order chi connectivity index (χ1) is 7.72. The number of aryl methyl sites for hydroxylation is 1. The zero-order valence-electron chi connectivity index (χ0n) is 10.1. The Morgan fingerprint density at radius 1 is 1.31 bits per heavy atom. The normalized spacial score (nSPS) is 11.0. The fourth-order valence-corrected chi connectivity index (χ4v) is 2.06. The van der Waals surface area contributed by atoms with Crippen LogP contribution in [0.3, 0.4) is 0 Å². The molecule has 2 heteroatoms. The molecule has 2 nitrogen and oxygen atoms in total. The Bertz CT molecular complexity index is 461. The van der Waals surface area contributed by atoms with E-state index in [0.29, 0.717) is 5.92 Å². The van der Waals surface area contributed by atoms with E-state index in [1.165, 1.54) is 16.7 Å². The number of aromatic nitrogens is 2. The maximum Gasteiger partial charge on any atom is 0.0565 e. The van der Waals surface area contributed by atoms with Crippen LogP contribution in [0.5, 0.6) is 0 Å². The largest absolute Gasteiger partial charge is 0.285 e. The van der Waals surface area contributed by atoms with Crippen molar-refractivity contribution in [2.45, 2.75) is 33.1 Å². The fraction of sp³-hybridized carbons (Fsp3) is 0.357. The van der Waals surface area contributed by atoms with Crippen LogP contribution in [0.2, 0.25) is 0 Å². The number of hydrogen-bond acceptors (Lipinski definition) is 1. The number of H-pyrrole nitrogens is 1. The van der Waals surface area contributed by atoms with Crippen molar-refractivity contribution in [1.82, 2.24) is 10.2 Å². The van der Waals surface area contributed by atoms with Gasteiger partial charge in [0.2, 0.25) is 0 Å². The lowest BCUT2D eigenvalue weighted by atomic mass is 9.93. The van der Waals surface area contributed by atoms with Gasteiger partial charge in [-0.3, -0.25) is 5.10 Å². The summed E-state index contributed by atoms with van der Waals surface area (Å²) in [7, 11) is 0. The predicted molar refractivity (Wildman–Crippen MR) is 69.6 cm³/mol. The quantitative estimate of drug-likeness (QED) is 0.825. The smallest absolute Gasteiger partial charge is 0.0565 e. The molecule has 1 aromatic carbocycles. The average molecular weight is 216 g/mol. The van der Waals surface area contributed by atoms with E-state index in [4.69, 9.17) is 0 Å². The zero-order valence-corrected chi connectivity index (χ0v) is 10.1. The second kappa shape index (κ2) is 4.52. The van der Waals surface area contributed by atoms with Gasteiger partial charge in [-0.1, -0.05) is 39.0 Å². The molecule has 2 aromatic rings. The Kier molecular flexibility index (Phi) is 3.09. The summed E-state index contributed by atoms with van der Waals surface area (Å²) < 4.78 is 0. The van der Waals surface area contributed by atoms with Gasteiger partial charge in [-0.05, 0) is 29.0 Å². The zero-order chi connectivity index (χ0) is 11.5. The van der Waals surface area contributed by atoms with E-state index < -0.39 is 0 Å². The summed E-state index contributed by atoms with van der Waals surface area (Å²) in [6, 6.07) is 6.70. The van der Waals surface area contributed by atoms with Crippen molar-refractivity contribution in [1.29, 1.82) is 0 Å². The minimum atomic E-state index is 0. The molecule has 0 fully saturated rings. The van der Waals surface area contributed by atoms with Gasteiger partial charge in [0.15, 0.2) is 0 Å². The van der Waals surface area contributed by atoms with Gasteiger partial charge >= 0.3 is 0 Å². The topological polar surface area (TPSA) is 28.7 Å². The van der Waals surface area contributed by atoms with Gasteiger partial charge in [-0.2, -0.15) is 5.10 Å². The van der Waals surface area contributed by atoms with Crippen molar-refractivity contribution in [3.05, 3.63) is 41.7 Å². The van der Waals surface area contributed by atoms with E-state index in [-0.39, 0.29) is 1.43 Å². The molecule has 0 atom stereocenters. The third-order valence-corrected chi connectivity index (χ3v) is 2.98. The highest BCUT2D eigenvalue weighted by molar-refractivity contribution is 5.63. The van der Waals surface area contributed by atoms with Crippen molar-refractivity contribution in [3.8, 4) is 11.1 Å². The molecule has 1 heterocycles. The van der Waals surface area contributed by atoms with Crippen LogP contribution in [-0.4, -0.2) is 10.2 Å². The Hall–Kier alpha value is -1.57. The highest BCUT2D eigenvalue weighted by atomic mass is 15.1. The van der Waals surface area contributed by atoms with Crippen molar-refractivity contribution in [3.63, 3.8) is 0 Å². The monoisotopic (exact) mass is 216 g/mol. The van der Waals surface area contributed by atoms with Crippen LogP contribution >= 0.6 is 0 Å². The Morgan fingerprint density at radius 2 is 2.12 bits per heavy atom. The van der Waals surface area contributed by atoms with E-state index >= 15 is 0 Å². The summed E-state index contributed by atoms with van der Waals surface area (Å²) in [6.07, 6.45) is 4.88. The number of benzene rings is 1. The molecule has 1 aromatic heterocycles. The summed E-state index contributed by atoms with van der Waals surface area (Å²) in [5.41, 5.74) is 5.29.